The Balaban J connectivity index is 2.55. The first-order valence-electron chi connectivity index (χ1n) is 26.0. The second-order valence-corrected chi connectivity index (χ2v) is 19.3. The van der Waals surface area contributed by atoms with Crippen LogP contribution >= 0.6 is 0 Å². The number of unbranched alkanes of at least 4 members (excludes halogenated alkanes) is 27. The van der Waals surface area contributed by atoms with Crippen LogP contribution in [0.2, 0.25) is 0 Å². The average molecular weight is 946 g/mol. The summed E-state index contributed by atoms with van der Waals surface area (Å²) in [5.41, 5.74) is 0. The zero-order valence-electron chi connectivity index (χ0n) is 40.7. The van der Waals surface area contributed by atoms with Crippen LogP contribution < -0.4 is 5.32 Å². The molecule has 0 aromatic carbocycles. The van der Waals surface area contributed by atoms with Crippen LogP contribution in [-0.2, 0) is 28.9 Å². The second-order valence-electron chi connectivity index (χ2n) is 18.2. The van der Waals surface area contributed by atoms with Crippen LogP contribution in [0.1, 0.15) is 219 Å². The second kappa shape index (κ2) is 41.3. The Hall–Kier alpha value is -1.72. The van der Waals surface area contributed by atoms with Crippen molar-refractivity contribution in [1.82, 2.24) is 5.32 Å². The molecule has 13 nitrogen and oxygen atoms in total. The SMILES string of the molecule is CCCCCCCC/C=C\CCCCCCCCC(O)C(=O)NC(COC1OC(CO)C(O)C(OS(=O)(=O)O)C1O)C(O)/C=C/CC/C=C/CCCCCCCCCCCCCCCC. The zero-order chi connectivity index (χ0) is 47.8. The minimum Gasteiger partial charge on any atom is -0.394 e. The van der Waals surface area contributed by atoms with Gasteiger partial charge in [0.05, 0.1) is 25.4 Å². The lowest BCUT2D eigenvalue weighted by molar-refractivity contribution is -0.298. The standard InChI is InChI=1S/C51H95NO12S/c1-3-5-7-9-11-13-15-17-19-21-22-23-24-26-27-29-31-33-35-37-39-44(54)43(42-62-51-48(57)49(64-65(59,60)61)47(56)46(41-53)63-51)52-50(58)45(55)40-38-36-34-32-30-28-25-20-18-16-14-12-10-8-6-4-2/h18,20,29,31,37,39,43-49,51,53-57H,3-17,19,21-28,30,32-36,38,40-42H2,1-2H3,(H,52,58)(H,59,60,61)/b20-18-,31-29+,39-37+. The molecule has 8 unspecified atom stereocenters. The maximum atomic E-state index is 13.1. The number of carbonyl (C=O) groups is 1. The van der Waals surface area contributed by atoms with Crippen LogP contribution in [0.5, 0.6) is 0 Å². The van der Waals surface area contributed by atoms with Crippen molar-refractivity contribution in [3.05, 3.63) is 36.5 Å². The molecule has 0 aromatic heterocycles. The topological polar surface area (TPSA) is 212 Å². The average Bonchev–Trinajstić information content (AvgIpc) is 3.28. The fourth-order valence-electron chi connectivity index (χ4n) is 8.12. The molecule has 1 aliphatic heterocycles. The van der Waals surface area contributed by atoms with E-state index in [9.17, 15) is 43.3 Å². The van der Waals surface area contributed by atoms with E-state index in [-0.39, 0.29) is 6.42 Å². The smallest absolute Gasteiger partial charge is 0.394 e. The largest absolute Gasteiger partial charge is 0.397 e. The molecule has 0 radical (unpaired) electrons. The van der Waals surface area contributed by atoms with Crippen molar-refractivity contribution in [2.45, 2.75) is 268 Å². The Labute approximate surface area is 395 Å². The molecule has 0 aromatic rings. The van der Waals surface area contributed by atoms with Gasteiger partial charge >= 0.3 is 10.4 Å². The molecular weight excluding hydrogens is 851 g/mol. The summed E-state index contributed by atoms with van der Waals surface area (Å²) >= 11 is 0. The molecule has 14 heteroatoms. The van der Waals surface area contributed by atoms with Crippen LogP contribution in [0.15, 0.2) is 36.5 Å². The number of aliphatic hydroxyl groups excluding tert-OH is 5. The van der Waals surface area contributed by atoms with Gasteiger partial charge in [-0.3, -0.25) is 9.35 Å². The Morgan fingerprint density at radius 1 is 0.615 bits per heavy atom. The van der Waals surface area contributed by atoms with Gasteiger partial charge in [0, 0.05) is 0 Å². The molecule has 7 N–H and O–H groups in total. The number of nitrogens with one attached hydrogen (secondary N) is 1. The van der Waals surface area contributed by atoms with Crippen molar-refractivity contribution in [1.29, 1.82) is 0 Å². The summed E-state index contributed by atoms with van der Waals surface area (Å²) in [6.45, 7) is 3.21. The summed E-state index contributed by atoms with van der Waals surface area (Å²) in [5, 5.41) is 55.3. The van der Waals surface area contributed by atoms with Crippen molar-refractivity contribution in [3.8, 4) is 0 Å². The molecule has 0 spiro atoms. The fraction of sp³-hybridized carbons (Fsp3) is 0.863. The Morgan fingerprint density at radius 3 is 1.48 bits per heavy atom. The predicted molar refractivity (Wildman–Crippen MR) is 261 cm³/mol. The van der Waals surface area contributed by atoms with E-state index in [2.05, 4.69) is 47.7 Å². The molecule has 65 heavy (non-hydrogen) atoms. The van der Waals surface area contributed by atoms with E-state index >= 15 is 0 Å². The molecule has 1 saturated heterocycles. The van der Waals surface area contributed by atoms with E-state index in [1.807, 2.05) is 0 Å². The molecule has 0 bridgehead atoms. The zero-order valence-corrected chi connectivity index (χ0v) is 41.5. The number of carbonyl (C=O) groups excluding carboxylic acids is 1. The Bertz CT molecular complexity index is 1310. The summed E-state index contributed by atoms with van der Waals surface area (Å²) in [4.78, 5) is 13.1. The van der Waals surface area contributed by atoms with Crippen LogP contribution in [0.25, 0.3) is 0 Å². The maximum Gasteiger partial charge on any atom is 0.397 e. The fourth-order valence-corrected chi connectivity index (χ4v) is 8.63. The summed E-state index contributed by atoms with van der Waals surface area (Å²) in [6, 6.07) is -1.14. The van der Waals surface area contributed by atoms with Crippen LogP contribution in [0, 0.1) is 0 Å². The van der Waals surface area contributed by atoms with E-state index in [0.717, 1.165) is 64.2 Å². The first-order chi connectivity index (χ1) is 31.4. The summed E-state index contributed by atoms with van der Waals surface area (Å²) in [7, 11) is -5.13. The van der Waals surface area contributed by atoms with Gasteiger partial charge < -0.3 is 40.3 Å². The number of rotatable bonds is 44. The Morgan fingerprint density at radius 2 is 1.03 bits per heavy atom. The lowest BCUT2D eigenvalue weighted by Crippen LogP contribution is -2.61. The normalized spacial score (nSPS) is 20.9. The van der Waals surface area contributed by atoms with E-state index in [1.54, 1.807) is 6.08 Å². The monoisotopic (exact) mass is 946 g/mol. The van der Waals surface area contributed by atoms with Gasteiger partial charge in [-0.05, 0) is 57.8 Å². The van der Waals surface area contributed by atoms with Crippen molar-refractivity contribution >= 4 is 16.3 Å². The lowest BCUT2D eigenvalue weighted by Gasteiger charge is -2.41. The molecule has 0 aliphatic carbocycles. The summed E-state index contributed by atoms with van der Waals surface area (Å²) in [5.74, 6) is -0.716. The van der Waals surface area contributed by atoms with Crippen molar-refractivity contribution < 1.29 is 57.0 Å². The molecule has 1 amide bonds. The van der Waals surface area contributed by atoms with Gasteiger partial charge in [-0.25, -0.2) is 4.18 Å². The van der Waals surface area contributed by atoms with Crippen LogP contribution in [-0.4, -0.2) is 107 Å². The minimum atomic E-state index is -5.13. The first kappa shape index (κ1) is 61.3. The first-order valence-corrected chi connectivity index (χ1v) is 27.3. The van der Waals surface area contributed by atoms with E-state index in [1.165, 1.54) is 128 Å². The third-order valence-electron chi connectivity index (χ3n) is 12.3. The highest BCUT2D eigenvalue weighted by molar-refractivity contribution is 7.80. The van der Waals surface area contributed by atoms with Gasteiger partial charge in [0.2, 0.25) is 5.91 Å². The third kappa shape index (κ3) is 33.4. The van der Waals surface area contributed by atoms with Crippen molar-refractivity contribution in [3.63, 3.8) is 0 Å². The molecule has 1 rings (SSSR count). The van der Waals surface area contributed by atoms with Gasteiger partial charge in [0.15, 0.2) is 6.29 Å². The molecule has 1 heterocycles. The van der Waals surface area contributed by atoms with Crippen molar-refractivity contribution in [2.75, 3.05) is 13.2 Å². The number of allylic oxidation sites excluding steroid dienone is 5. The minimum absolute atomic E-state index is 0.230. The number of hydrogen-bond donors (Lipinski definition) is 7. The Kier molecular flexibility index (Phi) is 38.9. The quantitative estimate of drug-likeness (QED) is 0.0173. The lowest BCUT2D eigenvalue weighted by atomic mass is 9.99. The number of hydrogen-bond acceptors (Lipinski definition) is 11. The van der Waals surface area contributed by atoms with Gasteiger partial charge in [-0.1, -0.05) is 198 Å². The van der Waals surface area contributed by atoms with Crippen LogP contribution in [0.3, 0.4) is 0 Å². The number of aliphatic hydroxyl groups is 5. The highest BCUT2D eigenvalue weighted by Gasteiger charge is 2.48. The molecular formula is C51H95NO12S. The molecule has 8 atom stereocenters. The molecule has 1 fully saturated rings. The van der Waals surface area contributed by atoms with Crippen molar-refractivity contribution in [2.24, 2.45) is 0 Å². The van der Waals surface area contributed by atoms with E-state index in [4.69, 9.17) is 9.47 Å². The van der Waals surface area contributed by atoms with E-state index in [0.29, 0.717) is 12.8 Å². The van der Waals surface area contributed by atoms with E-state index < -0.39 is 78.5 Å². The summed E-state index contributed by atoms with van der Waals surface area (Å²) in [6.07, 6.45) is 37.9. The number of amides is 1. The van der Waals surface area contributed by atoms with Gasteiger partial charge in [-0.2, -0.15) is 8.42 Å². The van der Waals surface area contributed by atoms with Gasteiger partial charge in [0.25, 0.3) is 0 Å². The highest BCUT2D eigenvalue weighted by Crippen LogP contribution is 2.26. The predicted octanol–water partition coefficient (Wildman–Crippen LogP) is 10.0. The van der Waals surface area contributed by atoms with Gasteiger partial charge in [0.1, 0.15) is 30.5 Å². The molecule has 1 aliphatic rings. The maximum absolute atomic E-state index is 13.1. The van der Waals surface area contributed by atoms with Crippen LogP contribution in [0.4, 0.5) is 0 Å². The molecule has 382 valence electrons. The third-order valence-corrected chi connectivity index (χ3v) is 12.7. The summed E-state index contributed by atoms with van der Waals surface area (Å²) < 4.78 is 47.6. The molecule has 0 saturated carbocycles. The highest BCUT2D eigenvalue weighted by atomic mass is 32.3. The number of ether oxygens (including phenoxy) is 2. The van der Waals surface area contributed by atoms with Gasteiger partial charge in [-0.15, -0.1) is 0 Å².